The minimum Gasteiger partial charge on any atom is -0.395 e. The predicted octanol–water partition coefficient (Wildman–Crippen LogP) is 0.735. The van der Waals surface area contributed by atoms with Crippen molar-refractivity contribution in [2.75, 3.05) is 19.7 Å². The van der Waals surface area contributed by atoms with Crippen LogP contribution in [0.1, 0.15) is 40.0 Å². The van der Waals surface area contributed by atoms with Crippen molar-refractivity contribution in [3.8, 4) is 0 Å². The number of aliphatic hydroxyl groups excluding tert-OH is 1. The molecule has 0 saturated carbocycles. The second kappa shape index (κ2) is 6.80. The van der Waals surface area contributed by atoms with Gasteiger partial charge < -0.3 is 15.7 Å². The highest BCUT2D eigenvalue weighted by Gasteiger charge is 2.30. The third-order valence-corrected chi connectivity index (χ3v) is 2.66. The van der Waals surface area contributed by atoms with Gasteiger partial charge >= 0.3 is 0 Å². The highest BCUT2D eigenvalue weighted by molar-refractivity contribution is 5.85. The van der Waals surface area contributed by atoms with E-state index in [4.69, 9.17) is 10.8 Å². The second-order valence-electron chi connectivity index (χ2n) is 4.14. The molecule has 0 fully saturated rings. The Balaban J connectivity index is 4.40. The van der Waals surface area contributed by atoms with Crippen molar-refractivity contribution >= 4 is 5.91 Å². The zero-order valence-corrected chi connectivity index (χ0v) is 10.1. The van der Waals surface area contributed by atoms with Gasteiger partial charge in [0.05, 0.1) is 12.1 Å². The molecular weight excluding hydrogens is 192 g/mol. The molecule has 3 N–H and O–H groups in total. The molecule has 0 aromatic rings. The van der Waals surface area contributed by atoms with Crippen molar-refractivity contribution in [3.63, 3.8) is 0 Å². The number of hydrogen-bond acceptors (Lipinski definition) is 3. The SMILES string of the molecule is CCCCN(CCO)C(=O)C(C)(N)CC. The van der Waals surface area contributed by atoms with Crippen LogP contribution < -0.4 is 5.73 Å². The molecule has 0 rings (SSSR count). The van der Waals surface area contributed by atoms with Gasteiger partial charge in [0.1, 0.15) is 0 Å². The largest absolute Gasteiger partial charge is 0.395 e. The first-order valence-corrected chi connectivity index (χ1v) is 5.68. The van der Waals surface area contributed by atoms with Crippen molar-refractivity contribution in [3.05, 3.63) is 0 Å². The lowest BCUT2D eigenvalue weighted by molar-refractivity contribution is -0.137. The van der Waals surface area contributed by atoms with Gasteiger partial charge in [-0.3, -0.25) is 4.79 Å². The summed E-state index contributed by atoms with van der Waals surface area (Å²) in [6.45, 7) is 6.77. The van der Waals surface area contributed by atoms with Crippen molar-refractivity contribution in [1.29, 1.82) is 0 Å². The fourth-order valence-electron chi connectivity index (χ4n) is 1.30. The van der Waals surface area contributed by atoms with Crippen LogP contribution in [0.2, 0.25) is 0 Å². The average Bonchev–Trinajstić information content (AvgIpc) is 2.23. The third-order valence-electron chi connectivity index (χ3n) is 2.66. The summed E-state index contributed by atoms with van der Waals surface area (Å²) in [7, 11) is 0. The van der Waals surface area contributed by atoms with Gasteiger partial charge in [0, 0.05) is 13.1 Å². The molecule has 1 unspecified atom stereocenters. The van der Waals surface area contributed by atoms with Crippen LogP contribution in [0.5, 0.6) is 0 Å². The second-order valence-corrected chi connectivity index (χ2v) is 4.14. The smallest absolute Gasteiger partial charge is 0.242 e. The molecule has 0 heterocycles. The van der Waals surface area contributed by atoms with Crippen LogP contribution >= 0.6 is 0 Å². The molecule has 0 radical (unpaired) electrons. The van der Waals surface area contributed by atoms with Crippen LogP contribution in [0.15, 0.2) is 0 Å². The number of amides is 1. The zero-order valence-electron chi connectivity index (χ0n) is 10.1. The Morgan fingerprint density at radius 2 is 2.00 bits per heavy atom. The van der Waals surface area contributed by atoms with Crippen molar-refractivity contribution < 1.29 is 9.90 Å². The van der Waals surface area contributed by atoms with Crippen LogP contribution in [0.4, 0.5) is 0 Å². The number of carbonyl (C=O) groups is 1. The maximum atomic E-state index is 12.0. The Hall–Kier alpha value is -0.610. The van der Waals surface area contributed by atoms with Gasteiger partial charge in [0.25, 0.3) is 0 Å². The molecular formula is C11H24N2O2. The van der Waals surface area contributed by atoms with Crippen LogP contribution in [-0.4, -0.2) is 41.1 Å². The van der Waals surface area contributed by atoms with E-state index in [1.165, 1.54) is 0 Å². The summed E-state index contributed by atoms with van der Waals surface area (Å²) in [6.07, 6.45) is 2.59. The molecule has 0 aliphatic heterocycles. The summed E-state index contributed by atoms with van der Waals surface area (Å²) in [5.41, 5.74) is 5.09. The molecule has 0 aromatic carbocycles. The van der Waals surface area contributed by atoms with Gasteiger partial charge in [-0.1, -0.05) is 20.3 Å². The Morgan fingerprint density at radius 1 is 1.40 bits per heavy atom. The maximum Gasteiger partial charge on any atom is 0.242 e. The van der Waals surface area contributed by atoms with Crippen molar-refractivity contribution in [1.82, 2.24) is 4.90 Å². The molecule has 4 heteroatoms. The standard InChI is InChI=1S/C11H24N2O2/c1-4-6-7-13(8-9-14)10(15)11(3,12)5-2/h14H,4-9,12H2,1-3H3. The van der Waals surface area contributed by atoms with E-state index in [-0.39, 0.29) is 12.5 Å². The monoisotopic (exact) mass is 216 g/mol. The average molecular weight is 216 g/mol. The molecule has 1 atom stereocenters. The molecule has 90 valence electrons. The van der Waals surface area contributed by atoms with E-state index in [2.05, 4.69) is 6.92 Å². The number of unbranched alkanes of at least 4 members (excludes halogenated alkanes) is 1. The lowest BCUT2D eigenvalue weighted by atomic mass is 9.98. The van der Waals surface area contributed by atoms with Crippen LogP contribution in [0, 0.1) is 0 Å². The van der Waals surface area contributed by atoms with Gasteiger partial charge in [-0.2, -0.15) is 0 Å². The van der Waals surface area contributed by atoms with Gasteiger partial charge in [0.15, 0.2) is 0 Å². The summed E-state index contributed by atoms with van der Waals surface area (Å²) in [5, 5.41) is 8.89. The maximum absolute atomic E-state index is 12.0. The highest BCUT2D eigenvalue weighted by Crippen LogP contribution is 2.10. The Morgan fingerprint density at radius 3 is 2.40 bits per heavy atom. The molecule has 4 nitrogen and oxygen atoms in total. The molecule has 0 spiro atoms. The van der Waals surface area contributed by atoms with Gasteiger partial charge in [0.2, 0.25) is 5.91 Å². The van der Waals surface area contributed by atoms with Crippen LogP contribution in [0.25, 0.3) is 0 Å². The molecule has 0 aliphatic rings. The van der Waals surface area contributed by atoms with Crippen LogP contribution in [-0.2, 0) is 4.79 Å². The summed E-state index contributed by atoms with van der Waals surface area (Å²) in [5.74, 6) is -0.0625. The summed E-state index contributed by atoms with van der Waals surface area (Å²) in [4.78, 5) is 13.6. The molecule has 0 bridgehead atoms. The Labute approximate surface area is 92.4 Å². The lowest BCUT2D eigenvalue weighted by Gasteiger charge is -2.30. The topological polar surface area (TPSA) is 66.6 Å². The molecule has 1 amide bonds. The van der Waals surface area contributed by atoms with E-state index >= 15 is 0 Å². The first-order valence-electron chi connectivity index (χ1n) is 5.68. The number of carbonyl (C=O) groups excluding carboxylic acids is 1. The first kappa shape index (κ1) is 14.4. The summed E-state index contributed by atoms with van der Waals surface area (Å²) in [6, 6.07) is 0. The van der Waals surface area contributed by atoms with E-state index in [0.29, 0.717) is 19.5 Å². The molecule has 15 heavy (non-hydrogen) atoms. The minimum atomic E-state index is -0.803. The number of nitrogens with two attached hydrogens (primary N) is 1. The van der Waals surface area contributed by atoms with E-state index in [1.807, 2.05) is 6.92 Å². The number of hydrogen-bond donors (Lipinski definition) is 2. The van der Waals surface area contributed by atoms with E-state index in [1.54, 1.807) is 11.8 Å². The fraction of sp³-hybridized carbons (Fsp3) is 0.909. The zero-order chi connectivity index (χ0) is 11.9. The molecule has 0 aliphatic carbocycles. The number of nitrogens with zero attached hydrogens (tertiary/aromatic N) is 1. The van der Waals surface area contributed by atoms with E-state index in [0.717, 1.165) is 12.8 Å². The van der Waals surface area contributed by atoms with Gasteiger partial charge in [-0.05, 0) is 19.8 Å². The quantitative estimate of drug-likeness (QED) is 0.659. The predicted molar refractivity (Wildman–Crippen MR) is 61.5 cm³/mol. The first-order chi connectivity index (χ1) is 6.99. The summed E-state index contributed by atoms with van der Waals surface area (Å²) >= 11 is 0. The number of rotatable bonds is 7. The lowest BCUT2D eigenvalue weighted by Crippen LogP contribution is -2.53. The summed E-state index contributed by atoms with van der Waals surface area (Å²) < 4.78 is 0. The van der Waals surface area contributed by atoms with Crippen LogP contribution in [0.3, 0.4) is 0 Å². The van der Waals surface area contributed by atoms with Gasteiger partial charge in [-0.25, -0.2) is 0 Å². The molecule has 0 aromatic heterocycles. The third kappa shape index (κ3) is 4.62. The highest BCUT2D eigenvalue weighted by atomic mass is 16.3. The Bertz CT molecular complexity index is 193. The number of aliphatic hydroxyl groups is 1. The van der Waals surface area contributed by atoms with Gasteiger partial charge in [-0.15, -0.1) is 0 Å². The Kier molecular flexibility index (Phi) is 6.52. The van der Waals surface area contributed by atoms with E-state index < -0.39 is 5.54 Å². The van der Waals surface area contributed by atoms with E-state index in [9.17, 15) is 4.79 Å². The van der Waals surface area contributed by atoms with Crippen molar-refractivity contribution in [2.45, 2.75) is 45.6 Å². The fourth-order valence-corrected chi connectivity index (χ4v) is 1.30. The van der Waals surface area contributed by atoms with Crippen molar-refractivity contribution in [2.24, 2.45) is 5.73 Å². The normalized spacial score (nSPS) is 14.7. The molecule has 0 saturated heterocycles. The minimum absolute atomic E-state index is 0.00471.